The minimum Gasteiger partial charge on any atom is -0.445 e. The first kappa shape index (κ1) is 36.2. The fourth-order valence-electron chi connectivity index (χ4n) is 4.01. The van der Waals surface area contributed by atoms with Gasteiger partial charge in [-0.3, -0.25) is 9.59 Å². The van der Waals surface area contributed by atoms with Gasteiger partial charge in [0.1, 0.15) is 24.3 Å². The van der Waals surface area contributed by atoms with Crippen LogP contribution in [0, 0.1) is 23.2 Å². The fraction of sp³-hybridized carbons (Fsp3) is 0.645. The maximum absolute atomic E-state index is 13.3. The highest BCUT2D eigenvalue weighted by Crippen LogP contribution is 2.12. The number of carbonyl (C=O) groups is 4. The second-order valence-corrected chi connectivity index (χ2v) is 12.0. The van der Waals surface area contributed by atoms with Gasteiger partial charge in [-0.25, -0.2) is 9.59 Å². The SMILES string of the molecule is CC(C)C(CCC#N)NC(=O)[C@H](CCCCNC(=O)OCc1ccccc1)NC(=O)[C@@H](NC(=O)OC(C)(C)C)C(C)C. The molecule has 0 aromatic heterocycles. The molecule has 11 nitrogen and oxygen atoms in total. The van der Waals surface area contributed by atoms with Crippen LogP contribution in [-0.2, 0) is 25.7 Å². The molecule has 1 rings (SSSR count). The number of alkyl carbamates (subject to hydrolysis) is 2. The maximum atomic E-state index is 13.3. The summed E-state index contributed by atoms with van der Waals surface area (Å²) in [5.41, 5.74) is 0.148. The Labute approximate surface area is 250 Å². The second kappa shape index (κ2) is 18.6. The maximum Gasteiger partial charge on any atom is 0.408 e. The zero-order chi connectivity index (χ0) is 31.7. The molecule has 0 heterocycles. The molecule has 1 aromatic rings. The van der Waals surface area contributed by atoms with Crippen molar-refractivity contribution >= 4 is 24.0 Å². The Bertz CT molecular complexity index is 1030. The molecular weight excluding hydrogens is 538 g/mol. The minimum atomic E-state index is -0.921. The van der Waals surface area contributed by atoms with Gasteiger partial charge in [-0.1, -0.05) is 58.0 Å². The van der Waals surface area contributed by atoms with Crippen LogP contribution in [0.5, 0.6) is 0 Å². The normalized spacial score (nSPS) is 13.3. The minimum absolute atomic E-state index is 0.0852. The second-order valence-electron chi connectivity index (χ2n) is 12.0. The quantitative estimate of drug-likeness (QED) is 0.206. The third-order valence-corrected chi connectivity index (χ3v) is 6.36. The van der Waals surface area contributed by atoms with E-state index in [1.54, 1.807) is 34.6 Å². The molecule has 0 spiro atoms. The summed E-state index contributed by atoms with van der Waals surface area (Å²) < 4.78 is 10.5. The van der Waals surface area contributed by atoms with E-state index in [9.17, 15) is 19.2 Å². The van der Waals surface area contributed by atoms with Gasteiger partial charge in [0, 0.05) is 19.0 Å². The summed E-state index contributed by atoms with van der Waals surface area (Å²) in [7, 11) is 0. The Balaban J connectivity index is 2.81. The Kier molecular flexibility index (Phi) is 16.0. The van der Waals surface area contributed by atoms with Crippen LogP contribution in [0.4, 0.5) is 9.59 Å². The van der Waals surface area contributed by atoms with Gasteiger partial charge < -0.3 is 30.7 Å². The molecule has 0 aliphatic carbocycles. The molecule has 0 radical (unpaired) electrons. The molecule has 3 atom stereocenters. The molecule has 0 fully saturated rings. The Morgan fingerprint density at radius 3 is 2.10 bits per heavy atom. The highest BCUT2D eigenvalue weighted by atomic mass is 16.6. The standard InChI is InChI=1S/C31H49N5O6/c1-21(2)24(17-13-18-32)34-27(37)25(35-28(38)26(22(3)4)36-30(40)42-31(5,6)7)16-11-12-19-33-29(39)41-20-23-14-9-8-10-15-23/h8-10,14-15,21-22,24-26H,11-13,16-17,19-20H2,1-7H3,(H,33,39)(H,34,37)(H,35,38)(H,36,40)/t24?,25-,26-/m0/s1. The molecule has 11 heteroatoms. The molecule has 1 unspecified atom stereocenters. The largest absolute Gasteiger partial charge is 0.445 e. The van der Waals surface area contributed by atoms with Crippen LogP contribution >= 0.6 is 0 Å². The number of nitriles is 1. The monoisotopic (exact) mass is 587 g/mol. The first-order chi connectivity index (χ1) is 19.7. The lowest BCUT2D eigenvalue weighted by molar-refractivity contribution is -0.131. The van der Waals surface area contributed by atoms with Gasteiger partial charge in [-0.15, -0.1) is 0 Å². The van der Waals surface area contributed by atoms with E-state index in [4.69, 9.17) is 14.7 Å². The van der Waals surface area contributed by atoms with Crippen LogP contribution in [0.25, 0.3) is 0 Å². The molecule has 42 heavy (non-hydrogen) atoms. The molecule has 0 saturated carbocycles. The Hall–Kier alpha value is -3.81. The first-order valence-electron chi connectivity index (χ1n) is 14.6. The number of benzene rings is 1. The van der Waals surface area contributed by atoms with E-state index in [-0.39, 0.29) is 30.4 Å². The summed E-state index contributed by atoms with van der Waals surface area (Å²) in [5.74, 6) is -1.06. The molecule has 0 aliphatic heterocycles. The van der Waals surface area contributed by atoms with Crippen molar-refractivity contribution in [3.05, 3.63) is 35.9 Å². The number of carbonyl (C=O) groups excluding carboxylic acids is 4. The number of ether oxygens (including phenoxy) is 2. The van der Waals surface area contributed by atoms with Crippen molar-refractivity contribution < 1.29 is 28.7 Å². The Morgan fingerprint density at radius 2 is 1.52 bits per heavy atom. The molecule has 1 aromatic carbocycles. The molecule has 4 amide bonds. The summed E-state index contributed by atoms with van der Waals surface area (Å²) in [5, 5.41) is 20.1. The number of hydrogen-bond donors (Lipinski definition) is 4. The Morgan fingerprint density at radius 1 is 0.857 bits per heavy atom. The van der Waals surface area contributed by atoms with Crippen molar-refractivity contribution in [1.82, 2.24) is 21.3 Å². The van der Waals surface area contributed by atoms with Crippen LogP contribution in [0.3, 0.4) is 0 Å². The number of nitrogens with zero attached hydrogens (tertiary/aromatic N) is 1. The van der Waals surface area contributed by atoms with Crippen molar-refractivity contribution in [2.75, 3.05) is 6.54 Å². The summed E-state index contributed by atoms with van der Waals surface area (Å²) in [6.45, 7) is 13.2. The van der Waals surface area contributed by atoms with E-state index in [0.29, 0.717) is 38.6 Å². The zero-order valence-electron chi connectivity index (χ0n) is 26.1. The van der Waals surface area contributed by atoms with Crippen molar-refractivity contribution in [2.45, 2.75) is 111 Å². The molecular formula is C31H49N5O6. The van der Waals surface area contributed by atoms with Crippen LogP contribution in [-0.4, -0.2) is 54.3 Å². The average Bonchev–Trinajstić information content (AvgIpc) is 2.91. The lowest BCUT2D eigenvalue weighted by atomic mass is 9.98. The molecule has 234 valence electrons. The van der Waals surface area contributed by atoms with Crippen molar-refractivity contribution in [1.29, 1.82) is 5.26 Å². The van der Waals surface area contributed by atoms with Crippen LogP contribution in [0.1, 0.15) is 86.1 Å². The van der Waals surface area contributed by atoms with Gasteiger partial charge in [0.2, 0.25) is 11.8 Å². The van der Waals surface area contributed by atoms with Crippen LogP contribution in [0.15, 0.2) is 30.3 Å². The third-order valence-electron chi connectivity index (χ3n) is 6.36. The summed E-state index contributed by atoms with van der Waals surface area (Å²) in [6.07, 6.45) is 0.898. The number of amides is 4. The predicted octanol–water partition coefficient (Wildman–Crippen LogP) is 4.56. The van der Waals surface area contributed by atoms with Gasteiger partial charge in [0.05, 0.1) is 6.07 Å². The molecule has 4 N–H and O–H groups in total. The average molecular weight is 588 g/mol. The highest BCUT2D eigenvalue weighted by Gasteiger charge is 2.31. The number of rotatable bonds is 16. The van der Waals surface area contributed by atoms with Crippen LogP contribution in [0.2, 0.25) is 0 Å². The van der Waals surface area contributed by atoms with Gasteiger partial charge in [0.25, 0.3) is 0 Å². The topological polar surface area (TPSA) is 159 Å². The van der Waals surface area contributed by atoms with Crippen molar-refractivity contribution in [3.63, 3.8) is 0 Å². The zero-order valence-corrected chi connectivity index (χ0v) is 26.1. The number of unbranched alkanes of at least 4 members (excludes halogenated alkanes) is 1. The molecule has 0 aliphatic rings. The smallest absolute Gasteiger partial charge is 0.408 e. The van der Waals surface area contributed by atoms with Gasteiger partial charge >= 0.3 is 12.2 Å². The van der Waals surface area contributed by atoms with E-state index in [0.717, 1.165) is 5.56 Å². The van der Waals surface area contributed by atoms with Gasteiger partial charge in [0.15, 0.2) is 0 Å². The van der Waals surface area contributed by atoms with E-state index < -0.39 is 35.8 Å². The number of nitrogens with one attached hydrogen (secondary N) is 4. The molecule has 0 saturated heterocycles. The third kappa shape index (κ3) is 15.3. The molecule has 0 bridgehead atoms. The van der Waals surface area contributed by atoms with E-state index >= 15 is 0 Å². The van der Waals surface area contributed by atoms with Gasteiger partial charge in [-0.05, 0) is 63.9 Å². The predicted molar refractivity (Wildman–Crippen MR) is 160 cm³/mol. The number of hydrogen-bond acceptors (Lipinski definition) is 7. The first-order valence-corrected chi connectivity index (χ1v) is 14.6. The van der Waals surface area contributed by atoms with E-state index in [1.807, 2.05) is 44.2 Å². The van der Waals surface area contributed by atoms with Crippen molar-refractivity contribution in [2.24, 2.45) is 11.8 Å². The summed E-state index contributed by atoms with van der Waals surface area (Å²) in [6, 6.07) is 9.41. The van der Waals surface area contributed by atoms with Crippen molar-refractivity contribution in [3.8, 4) is 6.07 Å². The van der Waals surface area contributed by atoms with Gasteiger partial charge in [-0.2, -0.15) is 5.26 Å². The summed E-state index contributed by atoms with van der Waals surface area (Å²) in [4.78, 5) is 51.0. The van der Waals surface area contributed by atoms with E-state index in [2.05, 4.69) is 27.3 Å². The highest BCUT2D eigenvalue weighted by molar-refractivity contribution is 5.91. The fourth-order valence-corrected chi connectivity index (χ4v) is 4.01. The van der Waals surface area contributed by atoms with Crippen LogP contribution < -0.4 is 21.3 Å². The summed E-state index contributed by atoms with van der Waals surface area (Å²) >= 11 is 0. The lowest BCUT2D eigenvalue weighted by Gasteiger charge is -2.28. The van der Waals surface area contributed by atoms with E-state index in [1.165, 1.54) is 0 Å². The lowest BCUT2D eigenvalue weighted by Crippen LogP contribution is -2.57.